The van der Waals surface area contributed by atoms with Gasteiger partial charge >= 0.3 is 0 Å². The Morgan fingerprint density at radius 1 is 1.09 bits per heavy atom. The van der Waals surface area contributed by atoms with E-state index < -0.39 is 0 Å². The van der Waals surface area contributed by atoms with Gasteiger partial charge in [-0.1, -0.05) is 0 Å². The fourth-order valence-electron chi connectivity index (χ4n) is 2.81. The summed E-state index contributed by atoms with van der Waals surface area (Å²) in [7, 11) is 0. The summed E-state index contributed by atoms with van der Waals surface area (Å²) < 4.78 is 0. The van der Waals surface area contributed by atoms with Crippen molar-refractivity contribution < 1.29 is 15.0 Å². The third-order valence-corrected chi connectivity index (χ3v) is 4.16. The minimum Gasteiger partial charge on any atom is -0.395 e. The van der Waals surface area contributed by atoms with E-state index >= 15 is 0 Å². The first kappa shape index (κ1) is 17.9. The number of rotatable bonds is 9. The van der Waals surface area contributed by atoms with Crippen LogP contribution in [0.5, 0.6) is 0 Å². The van der Waals surface area contributed by atoms with Crippen LogP contribution in [-0.2, 0) is 0 Å². The highest BCUT2D eigenvalue weighted by atomic mass is 16.3. The first-order valence-corrected chi connectivity index (χ1v) is 8.27. The third-order valence-electron chi connectivity index (χ3n) is 4.16. The zero-order valence-electron chi connectivity index (χ0n) is 13.6. The Bertz CT molecular complexity index is 466. The Balaban J connectivity index is 1.88. The maximum absolute atomic E-state index is 12.3. The van der Waals surface area contributed by atoms with Gasteiger partial charge in [-0.25, -0.2) is 0 Å². The van der Waals surface area contributed by atoms with E-state index in [0.29, 0.717) is 19.5 Å². The van der Waals surface area contributed by atoms with Crippen LogP contribution in [0, 0.1) is 0 Å². The maximum atomic E-state index is 12.3. The Morgan fingerprint density at radius 2 is 1.70 bits per heavy atom. The van der Waals surface area contributed by atoms with Crippen LogP contribution < -0.4 is 10.2 Å². The number of ketones is 1. The van der Waals surface area contributed by atoms with Gasteiger partial charge in [-0.15, -0.1) is 0 Å². The molecule has 0 radical (unpaired) electrons. The molecule has 128 valence electrons. The van der Waals surface area contributed by atoms with Crippen molar-refractivity contribution in [1.82, 2.24) is 10.2 Å². The number of aliphatic hydroxyl groups is 2. The van der Waals surface area contributed by atoms with Crippen LogP contribution in [0.25, 0.3) is 0 Å². The van der Waals surface area contributed by atoms with E-state index in [2.05, 4.69) is 10.2 Å². The van der Waals surface area contributed by atoms with Crippen LogP contribution in [0.1, 0.15) is 16.8 Å². The lowest BCUT2D eigenvalue weighted by Gasteiger charge is -2.26. The van der Waals surface area contributed by atoms with Crippen LogP contribution in [0.4, 0.5) is 5.69 Å². The van der Waals surface area contributed by atoms with Gasteiger partial charge in [0.15, 0.2) is 5.78 Å². The van der Waals surface area contributed by atoms with E-state index in [1.807, 2.05) is 29.2 Å². The molecule has 0 atom stereocenters. The number of aliphatic hydroxyl groups excluding tert-OH is 2. The molecular weight excluding hydrogens is 294 g/mol. The van der Waals surface area contributed by atoms with Crippen molar-refractivity contribution in [2.75, 3.05) is 63.9 Å². The molecule has 1 heterocycles. The number of nitrogens with zero attached hydrogens (tertiary/aromatic N) is 2. The van der Waals surface area contributed by atoms with Crippen molar-refractivity contribution in [2.45, 2.75) is 6.42 Å². The summed E-state index contributed by atoms with van der Waals surface area (Å²) in [6, 6.07) is 7.42. The van der Waals surface area contributed by atoms with Gasteiger partial charge in [-0.2, -0.15) is 0 Å². The number of Topliss-reactive ketones (excluding diaryl/α,β-unsaturated/α-hetero) is 1. The van der Waals surface area contributed by atoms with E-state index in [-0.39, 0.29) is 19.0 Å². The lowest BCUT2D eigenvalue weighted by Crippen LogP contribution is -2.44. The SMILES string of the molecule is O=C(CCN1CCNCC1)c1ccc(N(CCO)CCO)cc1. The highest BCUT2D eigenvalue weighted by Crippen LogP contribution is 2.16. The average molecular weight is 321 g/mol. The summed E-state index contributed by atoms with van der Waals surface area (Å²) in [6.45, 7) is 5.81. The lowest BCUT2D eigenvalue weighted by atomic mass is 10.1. The predicted octanol–water partition coefficient (Wildman–Crippen LogP) is -0.0444. The van der Waals surface area contributed by atoms with Crippen LogP contribution in [0.3, 0.4) is 0 Å². The lowest BCUT2D eigenvalue weighted by molar-refractivity contribution is 0.0960. The number of piperazine rings is 1. The highest BCUT2D eigenvalue weighted by Gasteiger charge is 2.13. The summed E-state index contributed by atoms with van der Waals surface area (Å²) in [6.07, 6.45) is 0.538. The second-order valence-corrected chi connectivity index (χ2v) is 5.75. The van der Waals surface area contributed by atoms with Crippen molar-refractivity contribution in [3.63, 3.8) is 0 Å². The van der Waals surface area contributed by atoms with E-state index in [1.54, 1.807) is 0 Å². The number of benzene rings is 1. The monoisotopic (exact) mass is 321 g/mol. The van der Waals surface area contributed by atoms with Gasteiger partial charge in [0, 0.05) is 63.5 Å². The van der Waals surface area contributed by atoms with E-state index in [1.165, 1.54) is 0 Å². The van der Waals surface area contributed by atoms with Crippen LogP contribution in [0.15, 0.2) is 24.3 Å². The molecule has 0 saturated carbocycles. The number of carbonyl (C=O) groups is 1. The fourth-order valence-corrected chi connectivity index (χ4v) is 2.81. The number of carbonyl (C=O) groups excluding carboxylic acids is 1. The molecule has 1 fully saturated rings. The summed E-state index contributed by atoms with van der Waals surface area (Å²) >= 11 is 0. The van der Waals surface area contributed by atoms with Crippen molar-refractivity contribution in [3.8, 4) is 0 Å². The molecule has 0 bridgehead atoms. The predicted molar refractivity (Wildman–Crippen MR) is 91.1 cm³/mol. The molecule has 1 aromatic carbocycles. The van der Waals surface area contributed by atoms with Gasteiger partial charge in [0.25, 0.3) is 0 Å². The molecule has 3 N–H and O–H groups in total. The molecule has 0 aromatic heterocycles. The Hall–Kier alpha value is -1.47. The molecule has 1 aromatic rings. The van der Waals surface area contributed by atoms with Crippen molar-refractivity contribution >= 4 is 11.5 Å². The highest BCUT2D eigenvalue weighted by molar-refractivity contribution is 5.96. The molecular formula is C17H27N3O3. The summed E-state index contributed by atoms with van der Waals surface area (Å²) in [5.41, 5.74) is 1.63. The van der Waals surface area contributed by atoms with Crippen LogP contribution in [-0.4, -0.2) is 79.9 Å². The number of hydrogen-bond acceptors (Lipinski definition) is 6. The van der Waals surface area contributed by atoms with E-state index in [9.17, 15) is 4.79 Å². The fraction of sp³-hybridized carbons (Fsp3) is 0.588. The number of anilines is 1. The normalized spacial score (nSPS) is 15.6. The zero-order chi connectivity index (χ0) is 16.5. The van der Waals surface area contributed by atoms with Crippen molar-refractivity contribution in [1.29, 1.82) is 0 Å². The smallest absolute Gasteiger partial charge is 0.164 e. The Labute approximate surface area is 137 Å². The molecule has 0 spiro atoms. The van der Waals surface area contributed by atoms with Gasteiger partial charge in [-0.3, -0.25) is 4.79 Å². The van der Waals surface area contributed by atoms with Crippen molar-refractivity contribution in [3.05, 3.63) is 29.8 Å². The van der Waals surface area contributed by atoms with Gasteiger partial charge in [-0.05, 0) is 24.3 Å². The molecule has 1 aliphatic rings. The van der Waals surface area contributed by atoms with Gasteiger partial charge < -0.3 is 25.3 Å². The van der Waals surface area contributed by atoms with E-state index in [0.717, 1.165) is 44.0 Å². The summed E-state index contributed by atoms with van der Waals surface area (Å²) in [4.78, 5) is 16.5. The molecule has 0 unspecified atom stereocenters. The molecule has 2 rings (SSSR count). The number of nitrogens with one attached hydrogen (secondary N) is 1. The molecule has 6 nitrogen and oxygen atoms in total. The minimum atomic E-state index is 0.0331. The molecule has 0 amide bonds. The molecule has 23 heavy (non-hydrogen) atoms. The zero-order valence-corrected chi connectivity index (χ0v) is 13.6. The minimum absolute atomic E-state index is 0.0331. The summed E-state index contributed by atoms with van der Waals surface area (Å²) in [5.74, 6) is 0.158. The Morgan fingerprint density at radius 3 is 2.26 bits per heavy atom. The van der Waals surface area contributed by atoms with Gasteiger partial charge in [0.1, 0.15) is 0 Å². The largest absolute Gasteiger partial charge is 0.395 e. The maximum Gasteiger partial charge on any atom is 0.164 e. The first-order valence-electron chi connectivity index (χ1n) is 8.27. The van der Waals surface area contributed by atoms with Gasteiger partial charge in [0.05, 0.1) is 13.2 Å². The van der Waals surface area contributed by atoms with E-state index in [4.69, 9.17) is 10.2 Å². The average Bonchev–Trinajstić information content (AvgIpc) is 2.60. The van der Waals surface area contributed by atoms with Gasteiger partial charge in [0.2, 0.25) is 0 Å². The molecule has 0 aliphatic carbocycles. The standard InChI is InChI=1S/C17H27N3O3/c21-13-11-20(12-14-22)16-3-1-15(2-4-16)17(23)5-8-19-9-6-18-7-10-19/h1-4,18,21-22H,5-14H2. The second-order valence-electron chi connectivity index (χ2n) is 5.75. The third kappa shape index (κ3) is 5.58. The topological polar surface area (TPSA) is 76.0 Å². The van der Waals surface area contributed by atoms with Crippen LogP contribution >= 0.6 is 0 Å². The molecule has 1 saturated heterocycles. The molecule has 1 aliphatic heterocycles. The first-order chi connectivity index (χ1) is 11.2. The Kier molecular flexibility index (Phi) is 7.48. The second kappa shape index (κ2) is 9.62. The van der Waals surface area contributed by atoms with Crippen molar-refractivity contribution in [2.24, 2.45) is 0 Å². The number of hydrogen-bond donors (Lipinski definition) is 3. The van der Waals surface area contributed by atoms with Crippen LogP contribution in [0.2, 0.25) is 0 Å². The summed E-state index contributed by atoms with van der Waals surface area (Å²) in [5, 5.41) is 21.5. The quantitative estimate of drug-likeness (QED) is 0.554. The molecule has 6 heteroatoms.